The molecule has 0 spiro atoms. The van der Waals surface area contributed by atoms with Crippen LogP contribution in [0.3, 0.4) is 0 Å². The first kappa shape index (κ1) is 23.7. The van der Waals surface area contributed by atoms with E-state index < -0.39 is 0 Å². The second-order valence-corrected chi connectivity index (χ2v) is 8.69. The van der Waals surface area contributed by atoms with Crippen molar-refractivity contribution in [2.24, 2.45) is 7.05 Å². The van der Waals surface area contributed by atoms with Gasteiger partial charge in [-0.15, -0.1) is 0 Å². The molecule has 0 radical (unpaired) electrons. The van der Waals surface area contributed by atoms with E-state index in [0.29, 0.717) is 40.6 Å². The Morgan fingerprint density at radius 3 is 2.32 bits per heavy atom. The molecule has 0 aliphatic heterocycles. The first-order chi connectivity index (χ1) is 16.4. The molecule has 1 aliphatic rings. The Kier molecular flexibility index (Phi) is 6.81. The predicted molar refractivity (Wildman–Crippen MR) is 129 cm³/mol. The van der Waals surface area contributed by atoms with Gasteiger partial charge in [-0.2, -0.15) is 9.61 Å². The van der Waals surface area contributed by atoms with E-state index in [1.54, 1.807) is 33.5 Å². The van der Waals surface area contributed by atoms with Gasteiger partial charge in [0.2, 0.25) is 11.7 Å². The Morgan fingerprint density at radius 2 is 1.74 bits per heavy atom. The fourth-order valence-corrected chi connectivity index (χ4v) is 4.68. The topological polar surface area (TPSA) is 96.1 Å². The monoisotopic (exact) mass is 468 g/mol. The Labute approximate surface area is 198 Å². The summed E-state index contributed by atoms with van der Waals surface area (Å²) in [7, 11) is 6.55. The van der Waals surface area contributed by atoms with E-state index >= 15 is 0 Å². The van der Waals surface area contributed by atoms with Crippen molar-refractivity contribution >= 4 is 11.6 Å². The van der Waals surface area contributed by atoms with E-state index in [1.807, 2.05) is 24.6 Å². The number of hydrogen-bond acceptors (Lipinski definition) is 6. The van der Waals surface area contributed by atoms with Crippen molar-refractivity contribution in [3.8, 4) is 28.5 Å². The zero-order valence-corrected chi connectivity index (χ0v) is 20.4. The van der Waals surface area contributed by atoms with Crippen molar-refractivity contribution in [1.82, 2.24) is 19.5 Å². The van der Waals surface area contributed by atoms with Crippen LogP contribution in [0.5, 0.6) is 17.2 Å². The Hall–Kier alpha value is -3.49. The number of fused-ring (bicyclic) bond motifs is 1. The lowest BCUT2D eigenvalue weighted by atomic mass is 10.1. The largest absolute Gasteiger partial charge is 0.493 e. The maximum atomic E-state index is 13.3. The SMILES string of the molecule is COc1cc(-c2cc3n(C)c(C)c(CCC(=O)NC4CCCC4)c(=O)n3n2)cc(OC)c1OC. The lowest BCUT2D eigenvalue weighted by molar-refractivity contribution is -0.121. The highest BCUT2D eigenvalue weighted by molar-refractivity contribution is 5.76. The molecule has 1 aromatic carbocycles. The number of ether oxygens (including phenoxy) is 3. The molecule has 0 saturated heterocycles. The normalized spacial score (nSPS) is 13.9. The van der Waals surface area contributed by atoms with Gasteiger partial charge in [0.1, 0.15) is 5.65 Å². The first-order valence-electron chi connectivity index (χ1n) is 11.6. The van der Waals surface area contributed by atoms with Crippen LogP contribution in [-0.2, 0) is 18.3 Å². The predicted octanol–water partition coefficient (Wildman–Crippen LogP) is 3.03. The lowest BCUT2D eigenvalue weighted by Crippen LogP contribution is -2.33. The minimum atomic E-state index is -0.210. The number of aryl methyl sites for hydroxylation is 1. The molecule has 9 heteroatoms. The minimum absolute atomic E-state index is 0.00738. The molecular weight excluding hydrogens is 436 g/mol. The number of rotatable bonds is 8. The Morgan fingerprint density at radius 1 is 1.09 bits per heavy atom. The number of nitrogens with zero attached hydrogens (tertiary/aromatic N) is 3. The fourth-order valence-electron chi connectivity index (χ4n) is 4.68. The fraction of sp³-hybridized carbons (Fsp3) is 0.480. The molecule has 34 heavy (non-hydrogen) atoms. The molecule has 0 unspecified atom stereocenters. The van der Waals surface area contributed by atoms with Crippen LogP contribution in [0.4, 0.5) is 0 Å². The molecule has 2 heterocycles. The van der Waals surface area contributed by atoms with E-state index in [0.717, 1.165) is 36.9 Å². The number of carbonyl (C=O) groups is 1. The van der Waals surface area contributed by atoms with Gasteiger partial charge < -0.3 is 24.1 Å². The molecule has 1 fully saturated rings. The van der Waals surface area contributed by atoms with Crippen LogP contribution in [0.25, 0.3) is 16.9 Å². The molecule has 182 valence electrons. The van der Waals surface area contributed by atoms with Gasteiger partial charge in [-0.1, -0.05) is 12.8 Å². The second-order valence-electron chi connectivity index (χ2n) is 8.69. The third-order valence-corrected chi connectivity index (χ3v) is 6.71. The van der Waals surface area contributed by atoms with Crippen LogP contribution < -0.4 is 25.1 Å². The summed E-state index contributed by atoms with van der Waals surface area (Å²) in [5.41, 5.74) is 3.19. The van der Waals surface area contributed by atoms with Crippen molar-refractivity contribution in [1.29, 1.82) is 0 Å². The van der Waals surface area contributed by atoms with Gasteiger partial charge in [-0.05, 0) is 38.3 Å². The number of aromatic nitrogens is 3. The molecule has 1 saturated carbocycles. The molecule has 0 bridgehead atoms. The Balaban J connectivity index is 1.68. The van der Waals surface area contributed by atoms with Crippen LogP contribution in [0, 0.1) is 6.92 Å². The summed E-state index contributed by atoms with van der Waals surface area (Å²) in [5, 5.41) is 7.68. The van der Waals surface area contributed by atoms with Gasteiger partial charge in [0.05, 0.1) is 27.0 Å². The molecule has 0 atom stereocenters. The number of amides is 1. The number of methoxy groups -OCH3 is 3. The standard InChI is InChI=1S/C25H32N4O5/c1-15-18(10-11-22(30)26-17-8-6-7-9-17)25(31)29-23(28(15)2)14-19(27-29)16-12-20(32-3)24(34-5)21(13-16)33-4/h12-14,17H,6-11H2,1-5H3,(H,26,30). The van der Waals surface area contributed by atoms with Crippen LogP contribution in [-0.4, -0.2) is 47.5 Å². The summed E-state index contributed by atoms with van der Waals surface area (Å²) in [6.07, 6.45) is 5.04. The molecule has 9 nitrogen and oxygen atoms in total. The number of nitrogens with one attached hydrogen (secondary N) is 1. The minimum Gasteiger partial charge on any atom is -0.493 e. The van der Waals surface area contributed by atoms with Crippen molar-refractivity contribution in [3.05, 3.63) is 39.8 Å². The van der Waals surface area contributed by atoms with Crippen LogP contribution >= 0.6 is 0 Å². The van der Waals surface area contributed by atoms with Gasteiger partial charge >= 0.3 is 0 Å². The summed E-state index contributed by atoms with van der Waals surface area (Å²) in [4.78, 5) is 25.8. The van der Waals surface area contributed by atoms with Crippen molar-refractivity contribution in [2.75, 3.05) is 21.3 Å². The molecule has 1 N–H and O–H groups in total. The highest BCUT2D eigenvalue weighted by Gasteiger charge is 2.21. The van der Waals surface area contributed by atoms with E-state index in [-0.39, 0.29) is 23.9 Å². The molecule has 1 amide bonds. The van der Waals surface area contributed by atoms with E-state index in [4.69, 9.17) is 14.2 Å². The smallest absolute Gasteiger partial charge is 0.277 e. The molecular formula is C25H32N4O5. The summed E-state index contributed by atoms with van der Waals surface area (Å²) in [5.74, 6) is 1.49. The average Bonchev–Trinajstić information content (AvgIpc) is 3.52. The summed E-state index contributed by atoms with van der Waals surface area (Å²) in [6, 6.07) is 5.72. The summed E-state index contributed by atoms with van der Waals surface area (Å²) in [6.45, 7) is 1.90. The zero-order valence-electron chi connectivity index (χ0n) is 20.4. The second kappa shape index (κ2) is 9.79. The Bertz CT molecular complexity index is 1250. The van der Waals surface area contributed by atoms with Crippen molar-refractivity contribution in [3.63, 3.8) is 0 Å². The van der Waals surface area contributed by atoms with Gasteiger partial charge in [0, 0.05) is 42.4 Å². The maximum absolute atomic E-state index is 13.3. The van der Waals surface area contributed by atoms with Crippen molar-refractivity contribution in [2.45, 2.75) is 51.5 Å². The molecule has 4 rings (SSSR count). The number of hydrogen-bond donors (Lipinski definition) is 1. The van der Waals surface area contributed by atoms with Gasteiger partial charge in [-0.3, -0.25) is 9.59 Å². The molecule has 1 aliphatic carbocycles. The maximum Gasteiger partial charge on any atom is 0.277 e. The number of benzene rings is 1. The van der Waals surface area contributed by atoms with E-state index in [9.17, 15) is 9.59 Å². The highest BCUT2D eigenvalue weighted by Crippen LogP contribution is 2.41. The number of carbonyl (C=O) groups excluding carboxylic acids is 1. The lowest BCUT2D eigenvalue weighted by Gasteiger charge is -2.14. The molecule has 2 aromatic heterocycles. The average molecular weight is 469 g/mol. The van der Waals surface area contributed by atoms with Gasteiger partial charge in [-0.25, -0.2) is 0 Å². The quantitative estimate of drug-likeness (QED) is 0.546. The van der Waals surface area contributed by atoms with Gasteiger partial charge in [0.25, 0.3) is 5.56 Å². The van der Waals surface area contributed by atoms with Crippen LogP contribution in [0.1, 0.15) is 43.4 Å². The third-order valence-electron chi connectivity index (χ3n) is 6.71. The van der Waals surface area contributed by atoms with Gasteiger partial charge in [0.15, 0.2) is 11.5 Å². The van der Waals surface area contributed by atoms with E-state index in [2.05, 4.69) is 10.4 Å². The van der Waals surface area contributed by atoms with Crippen LogP contribution in [0.15, 0.2) is 23.0 Å². The first-order valence-corrected chi connectivity index (χ1v) is 11.6. The summed E-state index contributed by atoms with van der Waals surface area (Å²) < 4.78 is 19.6. The summed E-state index contributed by atoms with van der Waals surface area (Å²) >= 11 is 0. The van der Waals surface area contributed by atoms with Crippen LogP contribution in [0.2, 0.25) is 0 Å². The van der Waals surface area contributed by atoms with E-state index in [1.165, 1.54) is 4.52 Å². The third kappa shape index (κ3) is 4.34. The van der Waals surface area contributed by atoms with Crippen molar-refractivity contribution < 1.29 is 19.0 Å². The molecule has 3 aromatic rings. The highest BCUT2D eigenvalue weighted by atomic mass is 16.5. The zero-order chi connectivity index (χ0) is 24.4.